The number of nitrogens with one attached hydrogen (secondary N) is 1. The Labute approximate surface area is 185 Å². The van der Waals surface area contributed by atoms with E-state index in [4.69, 9.17) is 9.47 Å². The average Bonchev–Trinajstić information content (AvgIpc) is 2.99. The molecule has 11 heteroatoms. The van der Waals surface area contributed by atoms with Crippen LogP contribution in [-0.4, -0.2) is 57.9 Å². The van der Waals surface area contributed by atoms with Crippen LogP contribution in [0.4, 0.5) is 5.00 Å². The number of hydrogen-bond donors (Lipinski definition) is 1. The molecule has 0 radical (unpaired) electrons. The Morgan fingerprint density at radius 2 is 1.77 bits per heavy atom. The third-order valence-corrected chi connectivity index (χ3v) is 7.23. The van der Waals surface area contributed by atoms with Gasteiger partial charge in [-0.1, -0.05) is 6.07 Å². The van der Waals surface area contributed by atoms with Gasteiger partial charge in [0.15, 0.2) is 6.61 Å². The van der Waals surface area contributed by atoms with Gasteiger partial charge in [-0.25, -0.2) is 22.3 Å². The van der Waals surface area contributed by atoms with Gasteiger partial charge in [0.1, 0.15) is 5.00 Å². The van der Waals surface area contributed by atoms with Gasteiger partial charge in [-0.2, -0.15) is 0 Å². The van der Waals surface area contributed by atoms with Crippen molar-refractivity contribution in [3.63, 3.8) is 0 Å². The number of sulfonamides is 1. The first-order valence-corrected chi connectivity index (χ1v) is 11.5. The van der Waals surface area contributed by atoms with Crippen LogP contribution < -0.4 is 5.32 Å². The molecule has 0 saturated heterocycles. The first-order valence-electron chi connectivity index (χ1n) is 9.25. The molecule has 0 aliphatic heterocycles. The van der Waals surface area contributed by atoms with Crippen LogP contribution >= 0.6 is 11.3 Å². The second-order valence-corrected chi connectivity index (χ2v) is 10.0. The Balaban J connectivity index is 2.09. The Bertz CT molecular complexity index is 1100. The number of aryl methyl sites for hydroxylation is 1. The molecular weight excluding hydrogens is 444 g/mol. The highest BCUT2D eigenvalue weighted by Gasteiger charge is 2.23. The first kappa shape index (κ1) is 24.5. The van der Waals surface area contributed by atoms with Gasteiger partial charge in [-0.15, -0.1) is 11.3 Å². The topological polar surface area (TPSA) is 119 Å². The summed E-state index contributed by atoms with van der Waals surface area (Å²) in [7, 11) is -0.964. The fourth-order valence-corrected chi connectivity index (χ4v) is 4.55. The predicted molar refractivity (Wildman–Crippen MR) is 116 cm³/mol. The van der Waals surface area contributed by atoms with Gasteiger partial charge in [-0.3, -0.25) is 4.79 Å². The predicted octanol–water partition coefficient (Wildman–Crippen LogP) is 2.59. The van der Waals surface area contributed by atoms with E-state index < -0.39 is 34.5 Å². The van der Waals surface area contributed by atoms with E-state index in [-0.39, 0.29) is 22.6 Å². The third kappa shape index (κ3) is 5.69. The Morgan fingerprint density at radius 1 is 1.10 bits per heavy atom. The van der Waals surface area contributed by atoms with Crippen LogP contribution in [0, 0.1) is 13.8 Å². The molecule has 0 aliphatic carbocycles. The second kappa shape index (κ2) is 10.0. The van der Waals surface area contributed by atoms with Crippen LogP contribution in [0.2, 0.25) is 0 Å². The van der Waals surface area contributed by atoms with E-state index in [0.717, 1.165) is 9.18 Å². The molecule has 0 spiro atoms. The number of carbonyl (C=O) groups is 3. The van der Waals surface area contributed by atoms with E-state index in [2.05, 4.69) is 5.32 Å². The molecule has 2 aromatic rings. The molecule has 2 rings (SSSR count). The Hall–Kier alpha value is -2.76. The van der Waals surface area contributed by atoms with Crippen molar-refractivity contribution in [1.82, 2.24) is 4.31 Å². The van der Waals surface area contributed by atoms with Crippen LogP contribution in [-0.2, 0) is 24.3 Å². The number of ether oxygens (including phenoxy) is 2. The highest BCUT2D eigenvalue weighted by Crippen LogP contribution is 2.33. The number of anilines is 1. The van der Waals surface area contributed by atoms with E-state index >= 15 is 0 Å². The van der Waals surface area contributed by atoms with Crippen molar-refractivity contribution < 1.29 is 32.3 Å². The number of thiophene rings is 1. The quantitative estimate of drug-likeness (QED) is 0.592. The maximum Gasteiger partial charge on any atom is 0.341 e. The first-order chi connectivity index (χ1) is 14.5. The number of nitrogens with zero attached hydrogens (tertiary/aromatic N) is 1. The SMILES string of the molecule is CCOC(=O)c1c(NC(=O)COC(=O)c2cccc(S(=O)(=O)N(C)C)c2)sc(C)c1C. The zero-order valence-corrected chi connectivity index (χ0v) is 19.5. The maximum absolute atomic E-state index is 12.3. The van der Waals surface area contributed by atoms with Gasteiger partial charge in [0.05, 0.1) is 22.6 Å². The number of amides is 1. The summed E-state index contributed by atoms with van der Waals surface area (Å²) in [5.41, 5.74) is 0.964. The summed E-state index contributed by atoms with van der Waals surface area (Å²) in [6.07, 6.45) is 0. The van der Waals surface area contributed by atoms with Crippen LogP contribution in [0.1, 0.15) is 38.1 Å². The van der Waals surface area contributed by atoms with E-state index in [9.17, 15) is 22.8 Å². The van der Waals surface area contributed by atoms with Gasteiger partial charge in [0.25, 0.3) is 5.91 Å². The summed E-state index contributed by atoms with van der Waals surface area (Å²) in [5.74, 6) is -2.04. The van der Waals surface area contributed by atoms with E-state index in [1.54, 1.807) is 13.8 Å². The largest absolute Gasteiger partial charge is 0.462 e. The minimum atomic E-state index is -3.72. The molecule has 31 heavy (non-hydrogen) atoms. The van der Waals surface area contributed by atoms with Gasteiger partial charge in [0.2, 0.25) is 10.0 Å². The normalized spacial score (nSPS) is 11.3. The number of esters is 2. The fourth-order valence-electron chi connectivity index (χ4n) is 2.54. The lowest BCUT2D eigenvalue weighted by Gasteiger charge is -2.12. The second-order valence-electron chi connectivity index (χ2n) is 6.65. The monoisotopic (exact) mass is 468 g/mol. The molecule has 0 bridgehead atoms. The molecular formula is C20H24N2O7S2. The zero-order chi connectivity index (χ0) is 23.3. The van der Waals surface area contributed by atoms with Crippen molar-refractivity contribution in [2.24, 2.45) is 0 Å². The van der Waals surface area contributed by atoms with Crippen molar-refractivity contribution in [3.05, 3.63) is 45.8 Å². The molecule has 9 nitrogen and oxygen atoms in total. The van der Waals surface area contributed by atoms with Gasteiger partial charge in [0, 0.05) is 19.0 Å². The number of benzene rings is 1. The fraction of sp³-hybridized carbons (Fsp3) is 0.350. The summed E-state index contributed by atoms with van der Waals surface area (Å²) in [4.78, 5) is 37.5. The zero-order valence-electron chi connectivity index (χ0n) is 17.8. The summed E-state index contributed by atoms with van der Waals surface area (Å²) in [6.45, 7) is 4.83. The molecule has 1 aromatic carbocycles. The molecule has 0 fully saturated rings. The lowest BCUT2D eigenvalue weighted by molar-refractivity contribution is -0.119. The van der Waals surface area contributed by atoms with Crippen LogP contribution in [0.3, 0.4) is 0 Å². The van der Waals surface area contributed by atoms with Gasteiger partial charge >= 0.3 is 11.9 Å². The van der Waals surface area contributed by atoms with Gasteiger partial charge < -0.3 is 14.8 Å². The molecule has 0 atom stereocenters. The summed E-state index contributed by atoms with van der Waals surface area (Å²) in [5, 5.41) is 2.88. The molecule has 1 N–H and O–H groups in total. The summed E-state index contributed by atoms with van der Waals surface area (Å²) in [6, 6.07) is 5.34. The molecule has 1 heterocycles. The lowest BCUT2D eigenvalue weighted by Crippen LogP contribution is -2.23. The molecule has 0 unspecified atom stereocenters. The van der Waals surface area contributed by atoms with Crippen LogP contribution in [0.25, 0.3) is 0 Å². The maximum atomic E-state index is 12.3. The number of rotatable bonds is 8. The van der Waals surface area contributed by atoms with Crippen molar-refractivity contribution in [3.8, 4) is 0 Å². The van der Waals surface area contributed by atoms with Crippen molar-refractivity contribution in [1.29, 1.82) is 0 Å². The van der Waals surface area contributed by atoms with E-state index in [1.807, 2.05) is 6.92 Å². The minimum Gasteiger partial charge on any atom is -0.462 e. The van der Waals surface area contributed by atoms with Gasteiger partial charge in [-0.05, 0) is 44.5 Å². The standard InChI is InChI=1S/C20H24N2O7S2/c1-6-28-20(25)17-12(2)13(3)30-18(17)21-16(23)11-29-19(24)14-8-7-9-15(10-14)31(26,27)22(4)5/h7-10H,6,11H2,1-5H3,(H,21,23). The molecule has 1 aromatic heterocycles. The average molecular weight is 469 g/mol. The van der Waals surface area contributed by atoms with E-state index in [1.165, 1.54) is 49.7 Å². The van der Waals surface area contributed by atoms with Crippen LogP contribution in [0.5, 0.6) is 0 Å². The number of hydrogen-bond acceptors (Lipinski definition) is 8. The van der Waals surface area contributed by atoms with Crippen molar-refractivity contribution in [2.45, 2.75) is 25.7 Å². The van der Waals surface area contributed by atoms with Crippen molar-refractivity contribution in [2.75, 3.05) is 32.6 Å². The minimum absolute atomic E-state index is 0.00856. The Morgan fingerprint density at radius 3 is 2.39 bits per heavy atom. The van der Waals surface area contributed by atoms with Crippen LogP contribution in [0.15, 0.2) is 29.2 Å². The highest BCUT2D eigenvalue weighted by atomic mass is 32.2. The molecule has 168 valence electrons. The van der Waals surface area contributed by atoms with Crippen molar-refractivity contribution >= 4 is 44.2 Å². The number of carbonyl (C=O) groups excluding carboxylic acids is 3. The third-order valence-electron chi connectivity index (χ3n) is 4.30. The van der Waals surface area contributed by atoms with E-state index in [0.29, 0.717) is 10.6 Å². The molecule has 0 saturated carbocycles. The molecule has 1 amide bonds. The summed E-state index contributed by atoms with van der Waals surface area (Å²) >= 11 is 1.22. The summed E-state index contributed by atoms with van der Waals surface area (Å²) < 4.78 is 35.5. The molecule has 0 aliphatic rings. The smallest absolute Gasteiger partial charge is 0.341 e. The highest BCUT2D eigenvalue weighted by molar-refractivity contribution is 7.89. The lowest BCUT2D eigenvalue weighted by atomic mass is 10.1. The Kier molecular flexibility index (Phi) is 7.93.